The molecule has 7 nitrogen and oxygen atoms in total. The molecule has 3 saturated heterocycles. The lowest BCUT2D eigenvalue weighted by Crippen LogP contribution is -2.48. The molecule has 0 radical (unpaired) electrons. The fraction of sp³-hybridized carbons (Fsp3) is 1.00. The van der Waals surface area contributed by atoms with Gasteiger partial charge in [-0.15, -0.1) is 0 Å². The van der Waals surface area contributed by atoms with Gasteiger partial charge in [-0.05, 0) is 26.7 Å². The zero-order chi connectivity index (χ0) is 23.0. The second-order valence-electron chi connectivity index (χ2n) is 10.2. The molecule has 7 heteroatoms. The van der Waals surface area contributed by atoms with Gasteiger partial charge in [-0.2, -0.15) is 0 Å². The van der Waals surface area contributed by atoms with E-state index in [0.29, 0.717) is 13.2 Å². The second kappa shape index (κ2) is 12.4. The molecule has 0 amide bonds. The monoisotopic (exact) mass is 457 g/mol. The van der Waals surface area contributed by atoms with Crippen LogP contribution < -0.4 is 0 Å². The van der Waals surface area contributed by atoms with E-state index in [-0.39, 0.29) is 18.8 Å². The number of aliphatic hydroxyl groups is 1. The molecule has 5 atom stereocenters. The number of aliphatic hydroxyl groups excluding tert-OH is 1. The van der Waals surface area contributed by atoms with Gasteiger partial charge < -0.3 is 28.8 Å². The molecule has 1 unspecified atom stereocenters. The maximum atomic E-state index is 11.0. The molecule has 1 N–H and O–H groups in total. The molecule has 188 valence electrons. The number of fused-ring (bicyclic) bond motifs is 1. The smallest absolute Gasteiger partial charge is 0.224 e. The predicted molar refractivity (Wildman–Crippen MR) is 124 cm³/mol. The summed E-state index contributed by atoms with van der Waals surface area (Å²) < 4.78 is 30.4. The molecule has 0 bridgehead atoms. The van der Waals surface area contributed by atoms with Crippen molar-refractivity contribution < 1.29 is 28.8 Å². The molecule has 0 aromatic carbocycles. The van der Waals surface area contributed by atoms with E-state index in [1.165, 1.54) is 44.9 Å². The van der Waals surface area contributed by atoms with E-state index in [1.807, 2.05) is 13.8 Å². The summed E-state index contributed by atoms with van der Waals surface area (Å²) >= 11 is 0. The Morgan fingerprint density at radius 2 is 1.72 bits per heavy atom. The zero-order valence-corrected chi connectivity index (χ0v) is 20.9. The minimum absolute atomic E-state index is 0.247. The minimum atomic E-state index is -1.04. The van der Waals surface area contributed by atoms with Crippen LogP contribution in [0, 0.1) is 0 Å². The number of hydrogen-bond acceptors (Lipinski definition) is 7. The molecule has 3 fully saturated rings. The number of nitrogens with zero attached hydrogens (tertiary/aromatic N) is 1. The van der Waals surface area contributed by atoms with E-state index in [4.69, 9.17) is 23.7 Å². The third kappa shape index (κ3) is 7.11. The van der Waals surface area contributed by atoms with Gasteiger partial charge in [0.1, 0.15) is 24.9 Å². The number of ether oxygens (including phenoxy) is 5. The van der Waals surface area contributed by atoms with E-state index in [2.05, 4.69) is 18.7 Å². The predicted octanol–water partition coefficient (Wildman–Crippen LogP) is 3.86. The average molecular weight is 458 g/mol. The Kier molecular flexibility index (Phi) is 10.2. The summed E-state index contributed by atoms with van der Waals surface area (Å²) in [5.74, 6) is -1.84. The zero-order valence-electron chi connectivity index (χ0n) is 20.9. The van der Waals surface area contributed by atoms with Crippen LogP contribution in [0.3, 0.4) is 0 Å². The molecule has 32 heavy (non-hydrogen) atoms. The molecule has 3 aliphatic heterocycles. The molecule has 0 aromatic heterocycles. The Balaban J connectivity index is 1.44. The first-order chi connectivity index (χ1) is 15.4. The van der Waals surface area contributed by atoms with Crippen LogP contribution in [0.2, 0.25) is 0 Å². The van der Waals surface area contributed by atoms with Gasteiger partial charge in [-0.1, -0.05) is 58.8 Å². The Bertz CT molecular complexity index is 547. The summed E-state index contributed by atoms with van der Waals surface area (Å²) in [6.07, 6.45) is 9.74. The van der Waals surface area contributed by atoms with E-state index < -0.39 is 23.8 Å². The number of hydrogen-bond donors (Lipinski definition) is 1. The van der Waals surface area contributed by atoms with E-state index in [0.717, 1.165) is 32.5 Å². The lowest BCUT2D eigenvalue weighted by atomic mass is 10.0. The Labute approximate surface area is 195 Å². The lowest BCUT2D eigenvalue weighted by Gasteiger charge is -2.35. The highest BCUT2D eigenvalue weighted by Crippen LogP contribution is 2.45. The first kappa shape index (κ1) is 26.3. The van der Waals surface area contributed by atoms with Gasteiger partial charge in [0.25, 0.3) is 0 Å². The van der Waals surface area contributed by atoms with Gasteiger partial charge in [0.05, 0.1) is 12.7 Å². The summed E-state index contributed by atoms with van der Waals surface area (Å²) in [4.78, 5) is 2.31. The number of rotatable bonds is 14. The molecular formula is C25H47NO6. The number of morpholine rings is 1. The third-order valence-corrected chi connectivity index (χ3v) is 6.87. The number of unbranched alkanes of at least 4 members (excludes halogenated alkanes) is 7. The SMILES string of the molecule is CCCCCCCCCCOC[C@@]12O[C@@H](CN3CCOC(CC)C3)[C@@H](O)[C@@H]1OC(C)(C)O2. The first-order valence-corrected chi connectivity index (χ1v) is 13.0. The Hall–Kier alpha value is -0.280. The van der Waals surface area contributed by atoms with Gasteiger partial charge in [0, 0.05) is 26.2 Å². The second-order valence-corrected chi connectivity index (χ2v) is 10.2. The van der Waals surface area contributed by atoms with Gasteiger partial charge in [-0.25, -0.2) is 0 Å². The summed E-state index contributed by atoms with van der Waals surface area (Å²) in [7, 11) is 0. The van der Waals surface area contributed by atoms with Crippen molar-refractivity contribution in [1.29, 1.82) is 0 Å². The molecule has 0 spiro atoms. The van der Waals surface area contributed by atoms with Crippen molar-refractivity contribution in [3.8, 4) is 0 Å². The molecule has 3 rings (SSSR count). The van der Waals surface area contributed by atoms with Crippen molar-refractivity contribution in [2.24, 2.45) is 0 Å². The van der Waals surface area contributed by atoms with Crippen LogP contribution in [0.1, 0.15) is 85.5 Å². The summed E-state index contributed by atoms with van der Waals surface area (Å²) in [6, 6.07) is 0. The standard InChI is InChI=1S/C25H47NO6/c1-5-7-8-9-10-11-12-13-15-28-19-25-23(31-24(3,4)32-25)22(27)21(30-25)18-26-14-16-29-20(6-2)17-26/h20-23,27H,5-19H2,1-4H3/t20?,21-,22+,23-,25-/m0/s1. The Morgan fingerprint density at radius 1 is 1.00 bits per heavy atom. The van der Waals surface area contributed by atoms with Crippen LogP contribution in [0.5, 0.6) is 0 Å². The molecule has 3 aliphatic rings. The quantitative estimate of drug-likeness (QED) is 0.397. The van der Waals surface area contributed by atoms with E-state index in [1.54, 1.807) is 0 Å². The summed E-state index contributed by atoms with van der Waals surface area (Å²) in [5, 5.41) is 11.0. The highest BCUT2D eigenvalue weighted by molar-refractivity contribution is 5.03. The van der Waals surface area contributed by atoms with Crippen LogP contribution in [-0.2, 0) is 23.7 Å². The highest BCUT2D eigenvalue weighted by atomic mass is 16.9. The summed E-state index contributed by atoms with van der Waals surface area (Å²) in [6.45, 7) is 12.2. The van der Waals surface area contributed by atoms with Crippen molar-refractivity contribution in [1.82, 2.24) is 4.90 Å². The first-order valence-electron chi connectivity index (χ1n) is 13.0. The van der Waals surface area contributed by atoms with Crippen LogP contribution >= 0.6 is 0 Å². The fourth-order valence-corrected chi connectivity index (χ4v) is 5.13. The van der Waals surface area contributed by atoms with Crippen molar-refractivity contribution in [3.05, 3.63) is 0 Å². The van der Waals surface area contributed by atoms with Gasteiger partial charge in [-0.3, -0.25) is 4.90 Å². The largest absolute Gasteiger partial charge is 0.387 e. The van der Waals surface area contributed by atoms with E-state index >= 15 is 0 Å². The van der Waals surface area contributed by atoms with Crippen LogP contribution in [0.4, 0.5) is 0 Å². The third-order valence-electron chi connectivity index (χ3n) is 6.87. The maximum absolute atomic E-state index is 11.0. The molecule has 3 heterocycles. The Morgan fingerprint density at radius 3 is 2.44 bits per heavy atom. The average Bonchev–Trinajstić information content (AvgIpc) is 3.16. The topological polar surface area (TPSA) is 69.6 Å². The van der Waals surface area contributed by atoms with Gasteiger partial charge in [0.2, 0.25) is 5.79 Å². The summed E-state index contributed by atoms with van der Waals surface area (Å²) in [5.41, 5.74) is 0. The molecule has 0 aromatic rings. The maximum Gasteiger partial charge on any atom is 0.224 e. The van der Waals surface area contributed by atoms with Crippen LogP contribution in [-0.4, -0.2) is 85.5 Å². The minimum Gasteiger partial charge on any atom is -0.387 e. The highest BCUT2D eigenvalue weighted by Gasteiger charge is 2.64. The normalized spacial score (nSPS) is 34.8. The van der Waals surface area contributed by atoms with E-state index in [9.17, 15) is 5.11 Å². The van der Waals surface area contributed by atoms with Crippen molar-refractivity contribution in [2.45, 2.75) is 121 Å². The van der Waals surface area contributed by atoms with Crippen molar-refractivity contribution in [2.75, 3.05) is 39.5 Å². The fourth-order valence-electron chi connectivity index (χ4n) is 5.13. The van der Waals surface area contributed by atoms with Crippen LogP contribution in [0.15, 0.2) is 0 Å². The van der Waals surface area contributed by atoms with Gasteiger partial charge in [0.15, 0.2) is 5.79 Å². The van der Waals surface area contributed by atoms with Crippen LogP contribution in [0.25, 0.3) is 0 Å². The molecule has 0 aliphatic carbocycles. The van der Waals surface area contributed by atoms with Gasteiger partial charge >= 0.3 is 0 Å². The van der Waals surface area contributed by atoms with Crippen molar-refractivity contribution >= 4 is 0 Å². The molecule has 0 saturated carbocycles. The molecular weight excluding hydrogens is 410 g/mol. The van der Waals surface area contributed by atoms with Crippen molar-refractivity contribution in [3.63, 3.8) is 0 Å². The lowest BCUT2D eigenvalue weighted by molar-refractivity contribution is -0.279.